The number of fused-ring (bicyclic) bond motifs is 6. The molecule has 0 bridgehead atoms. The van der Waals surface area contributed by atoms with Gasteiger partial charge in [0.25, 0.3) is 5.56 Å². The third-order valence-corrected chi connectivity index (χ3v) is 7.23. The minimum absolute atomic E-state index is 0.0853. The molecule has 0 amide bonds. The molecular formula is C28H21BrN2O4. The summed E-state index contributed by atoms with van der Waals surface area (Å²) in [4.78, 5) is 27.6. The molecule has 0 unspecified atom stereocenters. The van der Waals surface area contributed by atoms with Crippen molar-refractivity contribution in [1.29, 1.82) is 0 Å². The number of halogens is 1. The third kappa shape index (κ3) is 3.15. The van der Waals surface area contributed by atoms with Crippen LogP contribution < -0.4 is 15.0 Å². The van der Waals surface area contributed by atoms with Gasteiger partial charge in [0, 0.05) is 51.2 Å². The molecule has 5 aromatic rings. The highest BCUT2D eigenvalue weighted by Crippen LogP contribution is 2.43. The predicted octanol–water partition coefficient (Wildman–Crippen LogP) is 5.65. The Labute approximate surface area is 209 Å². The smallest absolute Gasteiger partial charge is 0.262 e. The van der Waals surface area contributed by atoms with Crippen molar-refractivity contribution in [1.82, 2.24) is 9.13 Å². The number of carbonyl (C=O) groups is 1. The van der Waals surface area contributed by atoms with E-state index in [0.29, 0.717) is 52.2 Å². The standard InChI is InChI=1S/C28H21BrN2O4/c1-34-22-10-8-20-23-25(18-5-3-4-6-19(18)26(23)32)31(28(33)24(20)27(22)35-2)14-13-30-12-11-16-15-17(29)7-9-21(16)30/h3-12,15H,13-14H2,1-2H3. The molecule has 2 aromatic heterocycles. The van der Waals surface area contributed by atoms with Crippen LogP contribution in [0.1, 0.15) is 15.9 Å². The van der Waals surface area contributed by atoms with Crippen LogP contribution in [0.2, 0.25) is 0 Å². The molecule has 7 heteroatoms. The van der Waals surface area contributed by atoms with Gasteiger partial charge < -0.3 is 18.6 Å². The largest absolute Gasteiger partial charge is 0.493 e. The average molecular weight is 529 g/mol. The first-order chi connectivity index (χ1) is 17.0. The van der Waals surface area contributed by atoms with Crippen molar-refractivity contribution >= 4 is 43.4 Å². The quantitative estimate of drug-likeness (QED) is 0.290. The second-order valence-electron chi connectivity index (χ2n) is 8.49. The number of ether oxygens (including phenoxy) is 2. The minimum Gasteiger partial charge on any atom is -0.493 e. The van der Waals surface area contributed by atoms with Gasteiger partial charge in [0.05, 0.1) is 30.9 Å². The molecule has 0 atom stereocenters. The number of ketones is 1. The summed E-state index contributed by atoms with van der Waals surface area (Å²) in [6.45, 7) is 0.949. The lowest BCUT2D eigenvalue weighted by Gasteiger charge is -2.18. The van der Waals surface area contributed by atoms with Gasteiger partial charge in [-0.15, -0.1) is 0 Å². The number of carbonyl (C=O) groups excluding carboxylic acids is 1. The van der Waals surface area contributed by atoms with Crippen molar-refractivity contribution in [3.8, 4) is 22.8 Å². The van der Waals surface area contributed by atoms with Gasteiger partial charge in [-0.05, 0) is 36.4 Å². The zero-order valence-electron chi connectivity index (χ0n) is 19.2. The SMILES string of the molecule is COc1ccc2c3c(n(CCn4ccc5cc(Br)ccc54)c(=O)c2c1OC)-c1ccccc1C3=O. The Balaban J connectivity index is 1.60. The molecule has 0 saturated carbocycles. The van der Waals surface area contributed by atoms with Crippen LogP contribution in [0.25, 0.3) is 32.9 Å². The first kappa shape index (κ1) is 21.7. The summed E-state index contributed by atoms with van der Waals surface area (Å²) >= 11 is 3.52. The minimum atomic E-state index is -0.210. The summed E-state index contributed by atoms with van der Waals surface area (Å²) in [6, 6.07) is 19.2. The van der Waals surface area contributed by atoms with Crippen LogP contribution in [0, 0.1) is 0 Å². The van der Waals surface area contributed by atoms with Gasteiger partial charge in [-0.2, -0.15) is 0 Å². The maximum Gasteiger partial charge on any atom is 0.262 e. The summed E-state index contributed by atoms with van der Waals surface area (Å²) in [5, 5.41) is 2.05. The first-order valence-electron chi connectivity index (χ1n) is 11.2. The molecule has 0 fully saturated rings. The van der Waals surface area contributed by atoms with Crippen LogP contribution >= 0.6 is 15.9 Å². The van der Waals surface area contributed by atoms with Crippen molar-refractivity contribution in [2.24, 2.45) is 0 Å². The van der Waals surface area contributed by atoms with Crippen LogP contribution in [0.4, 0.5) is 0 Å². The van der Waals surface area contributed by atoms with Gasteiger partial charge in [0.1, 0.15) is 0 Å². The normalized spacial score (nSPS) is 12.3. The Hall–Kier alpha value is -3.84. The predicted molar refractivity (Wildman–Crippen MR) is 140 cm³/mol. The van der Waals surface area contributed by atoms with Crippen LogP contribution in [-0.4, -0.2) is 29.1 Å². The number of pyridine rings is 1. The highest BCUT2D eigenvalue weighted by molar-refractivity contribution is 9.10. The van der Waals surface area contributed by atoms with Gasteiger partial charge in [-0.1, -0.05) is 40.2 Å². The van der Waals surface area contributed by atoms with E-state index in [4.69, 9.17) is 9.47 Å². The molecule has 0 spiro atoms. The van der Waals surface area contributed by atoms with E-state index >= 15 is 0 Å². The van der Waals surface area contributed by atoms with Crippen molar-refractivity contribution in [3.05, 3.63) is 92.8 Å². The zero-order chi connectivity index (χ0) is 24.3. The van der Waals surface area contributed by atoms with Crippen LogP contribution in [0.15, 0.2) is 76.1 Å². The Morgan fingerprint density at radius 1 is 0.886 bits per heavy atom. The second kappa shape index (κ2) is 8.13. The van der Waals surface area contributed by atoms with Crippen LogP contribution in [0.5, 0.6) is 11.5 Å². The molecule has 6 rings (SSSR count). The van der Waals surface area contributed by atoms with Gasteiger partial charge >= 0.3 is 0 Å². The fraction of sp³-hybridized carbons (Fsp3) is 0.143. The Morgan fingerprint density at radius 2 is 1.69 bits per heavy atom. The number of benzene rings is 3. The summed E-state index contributed by atoms with van der Waals surface area (Å²) < 4.78 is 15.9. The Kier molecular flexibility index (Phi) is 5.04. The first-order valence-corrected chi connectivity index (χ1v) is 12.0. The number of aromatic nitrogens is 2. The van der Waals surface area contributed by atoms with Crippen molar-refractivity contribution in [2.45, 2.75) is 13.1 Å². The number of hydrogen-bond acceptors (Lipinski definition) is 4. The van der Waals surface area contributed by atoms with E-state index in [1.54, 1.807) is 16.7 Å². The topological polar surface area (TPSA) is 62.5 Å². The van der Waals surface area contributed by atoms with E-state index in [0.717, 1.165) is 20.9 Å². The second-order valence-corrected chi connectivity index (χ2v) is 9.41. The molecular weight excluding hydrogens is 508 g/mol. The molecule has 0 N–H and O–H groups in total. The lowest BCUT2D eigenvalue weighted by atomic mass is 10.0. The fourth-order valence-electron chi connectivity index (χ4n) is 5.17. The highest BCUT2D eigenvalue weighted by atomic mass is 79.9. The monoisotopic (exact) mass is 528 g/mol. The summed E-state index contributed by atoms with van der Waals surface area (Å²) in [5.41, 5.74) is 3.45. The lowest BCUT2D eigenvalue weighted by molar-refractivity contribution is 0.104. The van der Waals surface area contributed by atoms with Gasteiger partial charge in [-0.25, -0.2) is 0 Å². The highest BCUT2D eigenvalue weighted by Gasteiger charge is 2.33. The summed E-state index contributed by atoms with van der Waals surface area (Å²) in [7, 11) is 3.04. The maximum absolute atomic E-state index is 14.0. The fourth-order valence-corrected chi connectivity index (χ4v) is 5.54. The van der Waals surface area contributed by atoms with E-state index in [9.17, 15) is 9.59 Å². The number of hydrogen-bond donors (Lipinski definition) is 0. The molecule has 0 aliphatic heterocycles. The van der Waals surface area contributed by atoms with Gasteiger partial charge in [0.15, 0.2) is 17.3 Å². The van der Waals surface area contributed by atoms with E-state index in [2.05, 4.69) is 38.7 Å². The van der Waals surface area contributed by atoms with E-state index in [1.807, 2.05) is 36.5 Å². The molecule has 0 radical (unpaired) electrons. The number of nitrogens with zero attached hydrogens (tertiary/aromatic N) is 2. The molecule has 174 valence electrons. The molecule has 1 aliphatic carbocycles. The van der Waals surface area contributed by atoms with Crippen LogP contribution in [-0.2, 0) is 13.1 Å². The molecule has 3 aromatic carbocycles. The number of aryl methyl sites for hydroxylation is 1. The number of rotatable bonds is 5. The van der Waals surface area contributed by atoms with Gasteiger partial charge in [-0.3, -0.25) is 9.59 Å². The maximum atomic E-state index is 14.0. The zero-order valence-corrected chi connectivity index (χ0v) is 20.8. The molecule has 6 nitrogen and oxygen atoms in total. The van der Waals surface area contributed by atoms with Crippen molar-refractivity contribution in [3.63, 3.8) is 0 Å². The molecule has 1 aliphatic rings. The van der Waals surface area contributed by atoms with E-state index in [1.165, 1.54) is 14.2 Å². The summed E-state index contributed by atoms with van der Waals surface area (Å²) in [5.74, 6) is 0.706. The summed E-state index contributed by atoms with van der Waals surface area (Å²) in [6.07, 6.45) is 2.02. The average Bonchev–Trinajstić information content (AvgIpc) is 3.41. The van der Waals surface area contributed by atoms with Gasteiger partial charge in [0.2, 0.25) is 0 Å². The molecule has 2 heterocycles. The van der Waals surface area contributed by atoms with E-state index in [-0.39, 0.29) is 11.3 Å². The Bertz CT molecular complexity index is 1730. The molecule has 35 heavy (non-hydrogen) atoms. The van der Waals surface area contributed by atoms with Crippen molar-refractivity contribution < 1.29 is 14.3 Å². The molecule has 0 saturated heterocycles. The Morgan fingerprint density at radius 3 is 2.46 bits per heavy atom. The number of methoxy groups -OCH3 is 2. The third-order valence-electron chi connectivity index (χ3n) is 6.73. The lowest BCUT2D eigenvalue weighted by Crippen LogP contribution is -2.25. The van der Waals surface area contributed by atoms with E-state index < -0.39 is 0 Å². The van der Waals surface area contributed by atoms with Crippen LogP contribution in [0.3, 0.4) is 0 Å². The van der Waals surface area contributed by atoms with Crippen molar-refractivity contribution in [2.75, 3.05) is 14.2 Å².